The van der Waals surface area contributed by atoms with Crippen LogP contribution in [0.1, 0.15) is 5.69 Å². The van der Waals surface area contributed by atoms with Crippen molar-refractivity contribution in [2.75, 3.05) is 0 Å². The van der Waals surface area contributed by atoms with Gasteiger partial charge in [0.05, 0.1) is 23.4 Å². The number of benzene rings is 1. The number of nitrogens with zero attached hydrogens (tertiary/aromatic N) is 1. The van der Waals surface area contributed by atoms with Crippen molar-refractivity contribution in [1.82, 2.24) is 4.98 Å². The number of hydrogen-bond acceptors (Lipinski definition) is 3. The van der Waals surface area contributed by atoms with Gasteiger partial charge in [-0.15, -0.1) is 0 Å². The van der Waals surface area contributed by atoms with Crippen LogP contribution < -0.4 is 5.46 Å². The summed E-state index contributed by atoms with van der Waals surface area (Å²) in [5, 5.41) is 18.3. The zero-order valence-corrected chi connectivity index (χ0v) is 11.8. The molecule has 2 N–H and O–H groups in total. The van der Waals surface area contributed by atoms with Crippen LogP contribution >= 0.6 is 0 Å². The average Bonchev–Trinajstić information content (AvgIpc) is 2.49. The van der Waals surface area contributed by atoms with Crippen LogP contribution in [-0.2, 0) is 6.42 Å². The van der Waals surface area contributed by atoms with E-state index in [1.54, 1.807) is 0 Å². The van der Waals surface area contributed by atoms with Crippen molar-refractivity contribution in [3.8, 4) is 11.3 Å². The fourth-order valence-corrected chi connectivity index (χ4v) is 2.04. The van der Waals surface area contributed by atoms with Crippen LogP contribution in [0.5, 0.6) is 0 Å². The molecular formula is C13H6BF8NO2. The molecule has 1 aromatic carbocycles. The van der Waals surface area contributed by atoms with Crippen LogP contribution in [0.15, 0.2) is 12.1 Å². The Morgan fingerprint density at radius 1 is 0.840 bits per heavy atom. The van der Waals surface area contributed by atoms with Gasteiger partial charge < -0.3 is 10.0 Å². The van der Waals surface area contributed by atoms with Gasteiger partial charge in [0, 0.05) is 5.46 Å². The summed E-state index contributed by atoms with van der Waals surface area (Å²) in [6, 6.07) is 1.31. The van der Waals surface area contributed by atoms with E-state index in [9.17, 15) is 35.1 Å². The van der Waals surface area contributed by atoms with Crippen molar-refractivity contribution >= 4 is 12.6 Å². The lowest BCUT2D eigenvalue weighted by molar-refractivity contribution is -0.127. The average molecular weight is 371 g/mol. The number of alkyl halides is 3. The first-order chi connectivity index (χ1) is 11.4. The maximum Gasteiger partial charge on any atom is 0.490 e. The Morgan fingerprint density at radius 2 is 1.32 bits per heavy atom. The summed E-state index contributed by atoms with van der Waals surface area (Å²) >= 11 is 0. The number of hydrogen-bond donors (Lipinski definition) is 2. The predicted octanol–water partition coefficient (Wildman–Crippen LogP) is 2.23. The summed E-state index contributed by atoms with van der Waals surface area (Å²) in [4.78, 5) is 3.21. The van der Waals surface area contributed by atoms with Gasteiger partial charge in [0.15, 0.2) is 23.3 Å². The van der Waals surface area contributed by atoms with Crippen LogP contribution in [0.2, 0.25) is 0 Å². The molecule has 0 saturated carbocycles. The van der Waals surface area contributed by atoms with E-state index >= 15 is 0 Å². The van der Waals surface area contributed by atoms with Crippen molar-refractivity contribution in [2.45, 2.75) is 12.6 Å². The van der Waals surface area contributed by atoms with E-state index in [2.05, 4.69) is 4.98 Å². The van der Waals surface area contributed by atoms with Gasteiger partial charge in [0.25, 0.3) is 0 Å². The van der Waals surface area contributed by atoms with Gasteiger partial charge in [-0.2, -0.15) is 13.2 Å². The minimum Gasteiger partial charge on any atom is -0.423 e. The van der Waals surface area contributed by atoms with E-state index in [1.165, 1.54) is 0 Å². The van der Waals surface area contributed by atoms with Gasteiger partial charge in [-0.1, -0.05) is 6.07 Å². The first-order valence-corrected chi connectivity index (χ1v) is 6.38. The molecule has 0 saturated heterocycles. The molecule has 12 heteroatoms. The van der Waals surface area contributed by atoms with Gasteiger partial charge in [-0.05, 0) is 6.07 Å². The molecule has 0 unspecified atom stereocenters. The zero-order valence-electron chi connectivity index (χ0n) is 11.8. The van der Waals surface area contributed by atoms with Crippen molar-refractivity contribution in [3.05, 3.63) is 46.9 Å². The van der Waals surface area contributed by atoms with Crippen LogP contribution in [0.4, 0.5) is 35.1 Å². The molecule has 0 aliphatic rings. The molecule has 0 aliphatic carbocycles. The number of pyridine rings is 1. The first-order valence-electron chi connectivity index (χ1n) is 6.38. The van der Waals surface area contributed by atoms with Gasteiger partial charge in [-0.3, -0.25) is 4.98 Å². The standard InChI is InChI=1S/C13H6BF8NO2/c15-7-6(8(16)10(18)11(19)9(7)17)12-5(14(24)25)2-1-4(23-12)3-13(20,21)22/h1-2,24-25H,3H2. The third-order valence-corrected chi connectivity index (χ3v) is 3.09. The molecule has 1 heterocycles. The molecule has 2 aromatic rings. The molecule has 134 valence electrons. The van der Waals surface area contributed by atoms with Gasteiger partial charge in [0.1, 0.15) is 0 Å². The lowest BCUT2D eigenvalue weighted by Gasteiger charge is -2.14. The van der Waals surface area contributed by atoms with Gasteiger partial charge >= 0.3 is 13.3 Å². The van der Waals surface area contributed by atoms with E-state index < -0.39 is 71.2 Å². The highest BCUT2D eigenvalue weighted by molar-refractivity contribution is 6.60. The smallest absolute Gasteiger partial charge is 0.423 e. The fraction of sp³-hybridized carbons (Fsp3) is 0.154. The SMILES string of the molecule is OB(O)c1ccc(CC(F)(F)F)nc1-c1c(F)c(F)c(F)c(F)c1F. The van der Waals surface area contributed by atoms with E-state index in [-0.39, 0.29) is 0 Å². The minimum atomic E-state index is -4.78. The lowest BCUT2D eigenvalue weighted by atomic mass is 9.77. The summed E-state index contributed by atoms with van der Waals surface area (Å²) < 4.78 is 105. The third-order valence-electron chi connectivity index (χ3n) is 3.09. The predicted molar refractivity (Wildman–Crippen MR) is 69.0 cm³/mol. The van der Waals surface area contributed by atoms with Crippen molar-refractivity contribution in [1.29, 1.82) is 0 Å². The van der Waals surface area contributed by atoms with Crippen LogP contribution in [0.3, 0.4) is 0 Å². The molecule has 0 fully saturated rings. The Kier molecular flexibility index (Phi) is 5.05. The fourth-order valence-electron chi connectivity index (χ4n) is 2.04. The summed E-state index contributed by atoms with van der Waals surface area (Å²) in [6.07, 6.45) is -6.45. The van der Waals surface area contributed by atoms with Crippen LogP contribution in [0.25, 0.3) is 11.3 Å². The molecule has 1 aromatic heterocycles. The van der Waals surface area contributed by atoms with E-state index in [1.807, 2.05) is 0 Å². The lowest BCUT2D eigenvalue weighted by Crippen LogP contribution is -2.33. The second kappa shape index (κ2) is 6.60. The molecule has 25 heavy (non-hydrogen) atoms. The van der Waals surface area contributed by atoms with Crippen molar-refractivity contribution in [3.63, 3.8) is 0 Å². The number of halogens is 8. The Hall–Kier alpha value is -2.21. The molecular weight excluding hydrogens is 365 g/mol. The largest absolute Gasteiger partial charge is 0.490 e. The summed E-state index contributed by atoms with van der Waals surface area (Å²) in [5.41, 5.74) is -4.53. The topological polar surface area (TPSA) is 53.4 Å². The second-order valence-corrected chi connectivity index (χ2v) is 4.85. The van der Waals surface area contributed by atoms with Gasteiger partial charge in [-0.25, -0.2) is 22.0 Å². The minimum absolute atomic E-state index is 0.631. The molecule has 0 aliphatic heterocycles. The van der Waals surface area contributed by atoms with Crippen LogP contribution in [0, 0.1) is 29.1 Å². The Bertz CT molecular complexity index is 796. The molecule has 0 spiro atoms. The maximum absolute atomic E-state index is 13.9. The first kappa shape index (κ1) is 19.1. The normalized spacial score (nSPS) is 11.8. The van der Waals surface area contributed by atoms with Crippen LogP contribution in [-0.4, -0.2) is 28.3 Å². The number of rotatable bonds is 3. The maximum atomic E-state index is 13.9. The molecule has 0 amide bonds. The molecule has 3 nitrogen and oxygen atoms in total. The molecule has 0 atom stereocenters. The highest BCUT2D eigenvalue weighted by Gasteiger charge is 2.33. The quantitative estimate of drug-likeness (QED) is 0.377. The Labute approximate surface area is 134 Å². The summed E-state index contributed by atoms with van der Waals surface area (Å²) in [5.74, 6) is -11.9. The van der Waals surface area contributed by atoms with E-state index in [0.717, 1.165) is 0 Å². The van der Waals surface area contributed by atoms with Crippen molar-refractivity contribution < 1.29 is 45.2 Å². The second-order valence-electron chi connectivity index (χ2n) is 4.85. The highest BCUT2D eigenvalue weighted by Crippen LogP contribution is 2.30. The van der Waals surface area contributed by atoms with E-state index in [4.69, 9.17) is 10.0 Å². The van der Waals surface area contributed by atoms with Crippen molar-refractivity contribution in [2.24, 2.45) is 0 Å². The molecule has 2 rings (SSSR count). The zero-order chi connectivity index (χ0) is 19.1. The Morgan fingerprint density at radius 3 is 1.76 bits per heavy atom. The summed E-state index contributed by atoms with van der Waals surface area (Å²) in [7, 11) is -2.49. The molecule has 0 bridgehead atoms. The molecule has 0 radical (unpaired) electrons. The van der Waals surface area contributed by atoms with Gasteiger partial charge in [0.2, 0.25) is 5.82 Å². The van der Waals surface area contributed by atoms with E-state index in [0.29, 0.717) is 12.1 Å². The highest BCUT2D eigenvalue weighted by atomic mass is 19.4. The monoisotopic (exact) mass is 371 g/mol. The number of aromatic nitrogens is 1. The Balaban J connectivity index is 2.79. The third kappa shape index (κ3) is 3.74. The summed E-state index contributed by atoms with van der Waals surface area (Å²) in [6.45, 7) is 0.